The molecule has 27 nitrogen and oxygen atoms in total. The van der Waals surface area contributed by atoms with Gasteiger partial charge in [0.05, 0.1) is 18.5 Å². The zero-order valence-corrected chi connectivity index (χ0v) is 64.2. The Labute approximate surface area is 594 Å². The van der Waals surface area contributed by atoms with Gasteiger partial charge in [-0.1, -0.05) is 192 Å². The molecule has 0 saturated heterocycles. The van der Waals surface area contributed by atoms with Crippen molar-refractivity contribution in [2.75, 3.05) is 50.8 Å². The number of hydrogen-bond donors (Lipinski definition) is 15. The summed E-state index contributed by atoms with van der Waals surface area (Å²) in [7, 11) is 0. The van der Waals surface area contributed by atoms with E-state index in [1.165, 1.54) is 29.0 Å². The van der Waals surface area contributed by atoms with Crippen molar-refractivity contribution in [1.82, 2.24) is 48.2 Å². The standard InChI is InChI=1S/C13H19NO.C12H17NO.C10H19NO3.C8H15NO2S.C6H12N2O3.C6H11NO3.C6H13NOS.C4H9NO2.C4H8O2/c1-10(2)13(15)14-9-11(3)12-7-5-4-6-8-12;1-10(2)12(14)13-9-8-11-6-4-3-5-7-11;1-7(2)9(13)11-6-8(12)14-10(3,4)5;1-5(2)8(11)9-7(4-12)6(3)10;1-4(2)6(10)7-3-5(9)8-11;1-4(2)6(10)7-3-5(8)9;1-5(2)6(8)7-3-4-9;1-3(2)4(6)5-7;1-3(2)4(5)6/h4-8,10-11H,9H2,1-3H3,(H,14,15);3-7,10H,8-9H2,1-2H3,(H,13,14);7H,6H2,1-5H3,(H,11,13);5,7,12H,4H2,1-3H3,(H,9,11);4,11H,3H2,1-2H3,(H,7,10)(H,8,9);4H,3H2,1-2H3,(H,7,10)(H,8,9);5,9H,3-4H2,1-2H3,(H,7,8);3,7H,1-2H3,(H,5,6);3H,1-2H3,(H,5,6)/t11-;;;7-;;;;;/m0..0...../s1. The maximum Gasteiger partial charge on any atom is 0.325 e. The first-order valence-electron chi connectivity index (χ1n) is 32.4. The fourth-order valence-corrected chi connectivity index (χ4v) is 5.64. The van der Waals surface area contributed by atoms with Crippen molar-refractivity contribution >= 4 is 102 Å². The molecule has 0 aliphatic carbocycles. The van der Waals surface area contributed by atoms with Crippen molar-refractivity contribution in [3.05, 3.63) is 71.8 Å². The van der Waals surface area contributed by atoms with Crippen LogP contribution >= 0.6 is 25.3 Å². The molecular weight excluding hydrogens is 1310 g/mol. The summed E-state index contributed by atoms with van der Waals surface area (Å²) in [5.41, 5.74) is 4.96. The fourth-order valence-electron chi connectivity index (χ4n) is 5.18. The predicted octanol–water partition coefficient (Wildman–Crippen LogP) is 6.98. The van der Waals surface area contributed by atoms with Gasteiger partial charge in [-0.25, -0.2) is 11.0 Å². The third-order valence-corrected chi connectivity index (χ3v) is 12.1. The molecule has 0 radical (unpaired) electrons. The SMILES string of the molecule is CC(=O)[C@H](CS)NC(=O)C(C)C.CC(C)C(=O)NCC(=O)NO.CC(C)C(=O)NCC(=O)O.CC(C)C(=O)NCC(=O)OC(C)(C)C.CC(C)C(=O)NCCS.CC(C)C(=O)NCCc1ccccc1.CC(C)C(=O)NC[C@H](C)c1ccccc1.CC(C)C(=O)NO.CC(C)C(=O)O. The largest absolute Gasteiger partial charge is 0.481 e. The van der Waals surface area contributed by atoms with Crippen molar-refractivity contribution in [2.24, 2.45) is 53.3 Å². The number of carbonyl (C=O) groups is 13. The molecule has 2 rings (SSSR count). The number of rotatable bonds is 26. The Morgan fingerprint density at radius 3 is 1.09 bits per heavy atom. The Kier molecular flexibility index (Phi) is 66.6. The van der Waals surface area contributed by atoms with Gasteiger partial charge < -0.3 is 52.2 Å². The Balaban J connectivity index is -0.000000192. The lowest BCUT2D eigenvalue weighted by Gasteiger charge is -2.19. The molecule has 13 N–H and O–H groups in total. The first-order valence-corrected chi connectivity index (χ1v) is 33.7. The van der Waals surface area contributed by atoms with Gasteiger partial charge >= 0.3 is 17.9 Å². The number of benzene rings is 2. The van der Waals surface area contributed by atoms with Gasteiger partial charge in [-0.05, 0) is 51.2 Å². The number of Topliss-reactive ketones (excluding diaryl/α,β-unsaturated/α-hetero) is 1. The Morgan fingerprint density at radius 1 is 0.439 bits per heavy atom. The molecule has 0 aliphatic rings. The van der Waals surface area contributed by atoms with Crippen LogP contribution in [0.5, 0.6) is 0 Å². The minimum Gasteiger partial charge on any atom is -0.481 e. The topological polar surface area (TPSA) is 420 Å². The van der Waals surface area contributed by atoms with Gasteiger partial charge in [0.2, 0.25) is 47.3 Å². The number of thiol groups is 2. The molecule has 564 valence electrons. The Hall–Kier alpha value is -7.63. The van der Waals surface area contributed by atoms with Crippen LogP contribution in [0.15, 0.2) is 60.7 Å². The number of esters is 1. The van der Waals surface area contributed by atoms with Crippen LogP contribution in [0.3, 0.4) is 0 Å². The number of ether oxygens (including phenoxy) is 1. The zero-order valence-electron chi connectivity index (χ0n) is 62.4. The normalized spacial score (nSPS) is 10.7. The van der Waals surface area contributed by atoms with Crippen LogP contribution in [0.25, 0.3) is 0 Å². The second-order valence-electron chi connectivity index (χ2n) is 25.3. The van der Waals surface area contributed by atoms with E-state index in [1.807, 2.05) is 77.9 Å². The first-order chi connectivity index (χ1) is 45.1. The number of amides is 9. The summed E-state index contributed by atoms with van der Waals surface area (Å²) < 4.78 is 5.01. The molecule has 0 saturated carbocycles. The number of aliphatic carboxylic acids is 2. The van der Waals surface area contributed by atoms with Gasteiger partial charge in [0.15, 0.2) is 5.78 Å². The lowest BCUT2D eigenvalue weighted by atomic mass is 10.0. The number of carboxylic acids is 2. The highest BCUT2D eigenvalue weighted by Crippen LogP contribution is 2.13. The van der Waals surface area contributed by atoms with Gasteiger partial charge in [-0.3, -0.25) is 72.7 Å². The summed E-state index contributed by atoms with van der Waals surface area (Å²) in [5.74, 6) is -2.77. The molecule has 0 bridgehead atoms. The van der Waals surface area contributed by atoms with Crippen LogP contribution < -0.4 is 48.2 Å². The van der Waals surface area contributed by atoms with Crippen LogP contribution in [0.4, 0.5) is 0 Å². The summed E-state index contributed by atoms with van der Waals surface area (Å²) in [6, 6.07) is 20.0. The summed E-state index contributed by atoms with van der Waals surface area (Å²) in [6.45, 7) is 42.5. The van der Waals surface area contributed by atoms with E-state index in [2.05, 4.69) is 93.7 Å². The van der Waals surface area contributed by atoms with Gasteiger partial charge in [-0.2, -0.15) is 25.3 Å². The van der Waals surface area contributed by atoms with Crippen LogP contribution in [-0.2, 0) is 73.5 Å². The van der Waals surface area contributed by atoms with E-state index in [-0.39, 0.29) is 126 Å². The van der Waals surface area contributed by atoms with Crippen molar-refractivity contribution in [3.8, 4) is 0 Å². The molecule has 0 aromatic heterocycles. The van der Waals surface area contributed by atoms with Crippen LogP contribution in [0.1, 0.15) is 176 Å². The van der Waals surface area contributed by atoms with Gasteiger partial charge in [0.25, 0.3) is 5.91 Å². The van der Waals surface area contributed by atoms with E-state index >= 15 is 0 Å². The van der Waals surface area contributed by atoms with E-state index in [9.17, 15) is 62.3 Å². The highest BCUT2D eigenvalue weighted by atomic mass is 32.1. The summed E-state index contributed by atoms with van der Waals surface area (Å²) >= 11 is 7.91. The van der Waals surface area contributed by atoms with Crippen molar-refractivity contribution in [2.45, 2.75) is 183 Å². The molecular formula is C69H123N9O18S2. The van der Waals surface area contributed by atoms with E-state index in [0.717, 1.165) is 13.0 Å². The van der Waals surface area contributed by atoms with Crippen LogP contribution in [-0.4, -0.2) is 160 Å². The maximum atomic E-state index is 11.4. The van der Waals surface area contributed by atoms with E-state index < -0.39 is 35.5 Å². The van der Waals surface area contributed by atoms with Crippen LogP contribution in [0.2, 0.25) is 0 Å². The molecule has 98 heavy (non-hydrogen) atoms. The lowest BCUT2D eigenvalue weighted by molar-refractivity contribution is -0.154. The number of hydroxylamine groups is 2. The molecule has 0 fully saturated rings. The third-order valence-electron chi connectivity index (χ3n) is 11.5. The predicted molar refractivity (Wildman–Crippen MR) is 388 cm³/mol. The fraction of sp³-hybridized carbons (Fsp3) is 0.638. The van der Waals surface area contributed by atoms with E-state index in [1.54, 1.807) is 104 Å². The molecule has 0 spiro atoms. The summed E-state index contributed by atoms with van der Waals surface area (Å²) in [6.07, 6.45) is 0.902. The molecule has 29 heteroatoms. The third kappa shape index (κ3) is 71.2. The highest BCUT2D eigenvalue weighted by Gasteiger charge is 2.19. The number of carbonyl (C=O) groups excluding carboxylic acids is 11. The van der Waals surface area contributed by atoms with Gasteiger partial charge in [-0.15, -0.1) is 0 Å². The average Bonchev–Trinajstić information content (AvgIpc) is 2.96. The van der Waals surface area contributed by atoms with Crippen molar-refractivity contribution in [3.63, 3.8) is 0 Å². The molecule has 2 aromatic rings. The molecule has 9 amide bonds. The molecule has 2 aromatic carbocycles. The quantitative estimate of drug-likeness (QED) is 0.0195. The van der Waals surface area contributed by atoms with E-state index in [4.69, 9.17) is 25.4 Å². The van der Waals surface area contributed by atoms with Crippen LogP contribution in [0, 0.1) is 53.3 Å². The number of nitrogens with one attached hydrogen (secondary N) is 9. The summed E-state index contributed by atoms with van der Waals surface area (Å²) in [5, 5.41) is 50.3. The van der Waals surface area contributed by atoms with Crippen molar-refractivity contribution in [1.29, 1.82) is 0 Å². The zero-order chi connectivity index (χ0) is 78.0. The summed E-state index contributed by atoms with van der Waals surface area (Å²) in [4.78, 5) is 139. The number of carboxylic acid groups (broad SMARTS) is 2. The minimum absolute atomic E-state index is 0.0565. The van der Waals surface area contributed by atoms with Gasteiger partial charge in [0, 0.05) is 78.5 Å². The Bertz CT molecular complexity index is 2570. The smallest absolute Gasteiger partial charge is 0.325 e. The number of hydrogen-bond acceptors (Lipinski definition) is 18. The molecule has 2 atom stereocenters. The van der Waals surface area contributed by atoms with Crippen molar-refractivity contribution < 1.29 is 87.7 Å². The highest BCUT2D eigenvalue weighted by molar-refractivity contribution is 7.80. The molecule has 0 heterocycles. The van der Waals surface area contributed by atoms with Gasteiger partial charge in [0.1, 0.15) is 18.7 Å². The van der Waals surface area contributed by atoms with E-state index in [0.29, 0.717) is 30.5 Å². The first kappa shape index (κ1) is 104. The monoisotopic (exact) mass is 1430 g/mol. The molecule has 0 unspecified atom stereocenters. The second kappa shape index (κ2) is 62.9. The minimum atomic E-state index is -1.02. The molecule has 0 aliphatic heterocycles. The Morgan fingerprint density at radius 2 is 0.786 bits per heavy atom. The average molecular weight is 1430 g/mol. The maximum absolute atomic E-state index is 11.4. The number of ketones is 1. The second-order valence-corrected chi connectivity index (χ2v) is 26.1. The lowest BCUT2D eigenvalue weighted by Crippen LogP contribution is -2.42.